The molecule has 0 aliphatic carbocycles. The van der Waals surface area contributed by atoms with Crippen LogP contribution in [0.1, 0.15) is 11.3 Å². The number of ether oxygens (including phenoxy) is 2. The first-order valence-corrected chi connectivity index (χ1v) is 9.70. The number of rotatable bonds is 2. The van der Waals surface area contributed by atoms with Crippen LogP contribution in [-0.4, -0.2) is 38.7 Å². The zero-order chi connectivity index (χ0) is 17.0. The van der Waals surface area contributed by atoms with Crippen molar-refractivity contribution < 1.29 is 9.47 Å². The van der Waals surface area contributed by atoms with Crippen molar-refractivity contribution in [2.24, 2.45) is 0 Å². The maximum absolute atomic E-state index is 5.89. The number of nitrogens with two attached hydrogens (primary N) is 1. The Labute approximate surface area is 156 Å². The maximum atomic E-state index is 5.89. The van der Waals surface area contributed by atoms with Crippen LogP contribution < -0.4 is 15.2 Å². The highest BCUT2D eigenvalue weighted by molar-refractivity contribution is 9.10. The lowest BCUT2D eigenvalue weighted by molar-refractivity contribution is 0.171. The molecule has 2 aliphatic heterocycles. The SMILES string of the molecule is Nc1nc2c3c(nn(Cc4cc5c(cc4Br)OCCO5)c3n1)CCS2. The molecule has 5 rings (SSSR count). The predicted molar refractivity (Wildman–Crippen MR) is 98.4 cm³/mol. The molecule has 7 nitrogen and oxygen atoms in total. The van der Waals surface area contributed by atoms with E-state index in [9.17, 15) is 0 Å². The Hall–Kier alpha value is -2.00. The smallest absolute Gasteiger partial charge is 0.223 e. The van der Waals surface area contributed by atoms with E-state index in [0.29, 0.717) is 19.8 Å². The third-order valence-electron chi connectivity index (χ3n) is 4.26. The molecule has 0 saturated carbocycles. The highest BCUT2D eigenvalue weighted by atomic mass is 79.9. The molecule has 0 spiro atoms. The summed E-state index contributed by atoms with van der Waals surface area (Å²) in [6, 6.07) is 3.94. The number of hydrogen-bond acceptors (Lipinski definition) is 7. The summed E-state index contributed by atoms with van der Waals surface area (Å²) in [6.07, 6.45) is 0.913. The molecule has 0 unspecified atom stereocenters. The second kappa shape index (κ2) is 5.77. The summed E-state index contributed by atoms with van der Waals surface area (Å²) in [5.74, 6) is 2.77. The topological polar surface area (TPSA) is 88.1 Å². The van der Waals surface area contributed by atoms with Crippen molar-refractivity contribution in [3.63, 3.8) is 0 Å². The normalized spacial score (nSPS) is 15.6. The van der Waals surface area contributed by atoms with E-state index >= 15 is 0 Å². The first-order valence-electron chi connectivity index (χ1n) is 7.93. The number of aryl methyl sites for hydroxylation is 1. The molecule has 0 bridgehead atoms. The van der Waals surface area contributed by atoms with Crippen molar-refractivity contribution in [2.45, 2.75) is 18.0 Å². The van der Waals surface area contributed by atoms with Crippen LogP contribution in [0, 0.1) is 0 Å². The Balaban J connectivity index is 1.61. The summed E-state index contributed by atoms with van der Waals surface area (Å²) < 4.78 is 14.2. The molecule has 1 aromatic carbocycles. The highest BCUT2D eigenvalue weighted by Crippen LogP contribution is 2.37. The Morgan fingerprint density at radius 3 is 2.84 bits per heavy atom. The molecule has 2 N–H and O–H groups in total. The van der Waals surface area contributed by atoms with Crippen molar-refractivity contribution in [1.29, 1.82) is 0 Å². The maximum Gasteiger partial charge on any atom is 0.223 e. The van der Waals surface area contributed by atoms with E-state index < -0.39 is 0 Å². The van der Waals surface area contributed by atoms with Gasteiger partial charge in [0.25, 0.3) is 0 Å². The Kier molecular flexibility index (Phi) is 3.53. The first kappa shape index (κ1) is 15.3. The van der Waals surface area contributed by atoms with Gasteiger partial charge in [0.15, 0.2) is 17.1 Å². The molecule has 9 heteroatoms. The summed E-state index contributed by atoms with van der Waals surface area (Å²) >= 11 is 5.33. The van der Waals surface area contributed by atoms with Gasteiger partial charge in [-0.3, -0.25) is 0 Å². The molecule has 0 atom stereocenters. The van der Waals surface area contributed by atoms with Gasteiger partial charge < -0.3 is 15.2 Å². The van der Waals surface area contributed by atoms with Crippen molar-refractivity contribution in [3.05, 3.63) is 27.9 Å². The highest BCUT2D eigenvalue weighted by Gasteiger charge is 2.23. The van der Waals surface area contributed by atoms with Gasteiger partial charge in [-0.2, -0.15) is 10.1 Å². The van der Waals surface area contributed by atoms with E-state index in [1.807, 2.05) is 16.8 Å². The van der Waals surface area contributed by atoms with E-state index in [2.05, 4.69) is 25.9 Å². The van der Waals surface area contributed by atoms with E-state index in [1.165, 1.54) is 0 Å². The Morgan fingerprint density at radius 2 is 2.00 bits per heavy atom. The number of nitrogen functional groups attached to an aromatic ring is 1. The standard InChI is InChI=1S/C16H14BrN5O2S/c17-9-6-12-11(23-2-3-24-12)5-8(9)7-22-14-13-10(21-22)1-4-25-15(13)20-16(18)19-14/h5-6H,1-4,7H2,(H2,18,19,20). The number of nitrogens with zero attached hydrogens (tertiary/aromatic N) is 4. The fourth-order valence-electron chi connectivity index (χ4n) is 3.15. The lowest BCUT2D eigenvalue weighted by Gasteiger charge is -2.20. The van der Waals surface area contributed by atoms with Crippen LogP contribution in [0.15, 0.2) is 21.6 Å². The number of aromatic nitrogens is 4. The lowest BCUT2D eigenvalue weighted by Crippen LogP contribution is -2.16. The van der Waals surface area contributed by atoms with Gasteiger partial charge in [-0.1, -0.05) is 15.9 Å². The summed E-state index contributed by atoms with van der Waals surface area (Å²) in [4.78, 5) is 8.79. The minimum atomic E-state index is 0.283. The van der Waals surface area contributed by atoms with Gasteiger partial charge in [0.2, 0.25) is 5.95 Å². The quantitative estimate of drug-likeness (QED) is 0.638. The van der Waals surface area contributed by atoms with Crippen LogP contribution in [0.3, 0.4) is 0 Å². The fourth-order valence-corrected chi connectivity index (χ4v) is 4.60. The van der Waals surface area contributed by atoms with Crippen LogP contribution in [0.4, 0.5) is 5.95 Å². The molecule has 3 aromatic rings. The molecule has 0 saturated heterocycles. The molecule has 25 heavy (non-hydrogen) atoms. The molecular formula is C16H14BrN5O2S. The monoisotopic (exact) mass is 419 g/mol. The molecular weight excluding hydrogens is 406 g/mol. The second-order valence-corrected chi connectivity index (χ2v) is 7.81. The third kappa shape index (κ3) is 2.53. The number of thioether (sulfide) groups is 1. The van der Waals surface area contributed by atoms with Gasteiger partial charge in [-0.15, -0.1) is 11.8 Å². The zero-order valence-corrected chi connectivity index (χ0v) is 15.6. The summed E-state index contributed by atoms with van der Waals surface area (Å²) in [5.41, 5.74) is 8.76. The van der Waals surface area contributed by atoms with Gasteiger partial charge in [0, 0.05) is 16.6 Å². The molecule has 128 valence electrons. The fraction of sp³-hybridized carbons (Fsp3) is 0.312. The molecule has 2 aliphatic rings. The average molecular weight is 420 g/mol. The molecule has 0 fully saturated rings. The minimum absolute atomic E-state index is 0.283. The van der Waals surface area contributed by atoms with Crippen LogP contribution >= 0.6 is 27.7 Å². The van der Waals surface area contributed by atoms with Crippen molar-refractivity contribution >= 4 is 44.7 Å². The van der Waals surface area contributed by atoms with E-state index in [0.717, 1.165) is 55.5 Å². The van der Waals surface area contributed by atoms with Gasteiger partial charge in [0.1, 0.15) is 18.2 Å². The lowest BCUT2D eigenvalue weighted by atomic mass is 10.2. The number of anilines is 1. The van der Waals surface area contributed by atoms with Crippen molar-refractivity contribution in [3.8, 4) is 11.5 Å². The van der Waals surface area contributed by atoms with Crippen molar-refractivity contribution in [1.82, 2.24) is 19.7 Å². The van der Waals surface area contributed by atoms with Gasteiger partial charge in [0.05, 0.1) is 17.6 Å². The number of hydrogen-bond donors (Lipinski definition) is 1. The van der Waals surface area contributed by atoms with E-state index in [4.69, 9.17) is 20.3 Å². The molecule has 4 heterocycles. The van der Waals surface area contributed by atoms with E-state index in [-0.39, 0.29) is 5.95 Å². The zero-order valence-electron chi connectivity index (χ0n) is 13.2. The van der Waals surface area contributed by atoms with E-state index in [1.54, 1.807) is 11.8 Å². The summed E-state index contributed by atoms with van der Waals surface area (Å²) in [7, 11) is 0. The second-order valence-electron chi connectivity index (χ2n) is 5.88. The first-order chi connectivity index (χ1) is 12.2. The largest absolute Gasteiger partial charge is 0.486 e. The molecule has 0 amide bonds. The molecule has 2 aromatic heterocycles. The van der Waals surface area contributed by atoms with Crippen molar-refractivity contribution in [2.75, 3.05) is 24.7 Å². The summed E-state index contributed by atoms with van der Waals surface area (Å²) in [6.45, 7) is 1.70. The third-order valence-corrected chi connectivity index (χ3v) is 5.97. The van der Waals surface area contributed by atoms with Crippen LogP contribution in [-0.2, 0) is 13.0 Å². The number of halogens is 1. The Morgan fingerprint density at radius 1 is 1.20 bits per heavy atom. The van der Waals surface area contributed by atoms with Gasteiger partial charge in [-0.05, 0) is 17.7 Å². The molecule has 0 radical (unpaired) electrons. The van der Waals surface area contributed by atoms with Crippen LogP contribution in [0.5, 0.6) is 11.5 Å². The van der Waals surface area contributed by atoms with Gasteiger partial charge >= 0.3 is 0 Å². The predicted octanol–water partition coefficient (Wildman–Crippen LogP) is 2.64. The number of benzene rings is 1. The number of fused-ring (bicyclic) bond motifs is 1. The van der Waals surface area contributed by atoms with Gasteiger partial charge in [-0.25, -0.2) is 9.67 Å². The van der Waals surface area contributed by atoms with Crippen LogP contribution in [0.2, 0.25) is 0 Å². The summed E-state index contributed by atoms with van der Waals surface area (Å²) in [5, 5.41) is 6.72. The average Bonchev–Trinajstić information content (AvgIpc) is 2.94. The minimum Gasteiger partial charge on any atom is -0.486 e. The Bertz CT molecular complexity index is 1010. The van der Waals surface area contributed by atoms with Crippen LogP contribution in [0.25, 0.3) is 11.0 Å².